The third-order valence-corrected chi connectivity index (χ3v) is 0.927. The Kier molecular flexibility index (Phi) is 4.89. The van der Waals surface area contributed by atoms with E-state index in [0.29, 0.717) is 0 Å². The molecule has 0 saturated heterocycles. The monoisotopic (exact) mass is 153 g/mol. The lowest BCUT2D eigenvalue weighted by Gasteiger charge is -1.88. The van der Waals surface area contributed by atoms with Gasteiger partial charge in [-0.3, -0.25) is 9.52 Å². The van der Waals surface area contributed by atoms with Crippen molar-refractivity contribution in [2.24, 2.45) is 0 Å². The number of rotatable bonds is 2. The molecule has 0 aliphatic carbocycles. The molecule has 0 aromatic rings. The molecule has 8 heavy (non-hydrogen) atoms. The molecular formula is C3H4FNOS2. The Balaban J connectivity index is 3.33. The van der Waals surface area contributed by atoms with Crippen molar-refractivity contribution in [1.82, 2.24) is 4.72 Å². The van der Waals surface area contributed by atoms with E-state index in [2.05, 4.69) is 16.4 Å². The molecule has 1 amide bonds. The molecule has 0 unspecified atom stereocenters. The van der Waals surface area contributed by atoms with Gasteiger partial charge in [-0.15, -0.1) is 0 Å². The number of amides is 1. The summed E-state index contributed by atoms with van der Waals surface area (Å²) in [6.07, 6.45) is 0.933. The van der Waals surface area contributed by atoms with Gasteiger partial charge >= 0.3 is 0 Å². The fourth-order valence-electron chi connectivity index (χ4n) is 0.136. The highest BCUT2D eigenvalue weighted by Crippen LogP contribution is 1.95. The van der Waals surface area contributed by atoms with Crippen LogP contribution in [-0.2, 0) is 4.79 Å². The van der Waals surface area contributed by atoms with Crippen LogP contribution in [-0.4, -0.2) is 5.91 Å². The Labute approximate surface area is 55.5 Å². The Morgan fingerprint density at radius 2 is 2.50 bits per heavy atom. The van der Waals surface area contributed by atoms with Crippen molar-refractivity contribution in [2.45, 2.75) is 0 Å². The first kappa shape index (κ1) is 7.84. The molecule has 0 heterocycles. The fourth-order valence-corrected chi connectivity index (χ4v) is 0.564. The summed E-state index contributed by atoms with van der Waals surface area (Å²) in [6.45, 7) is 0. The zero-order valence-corrected chi connectivity index (χ0v) is 5.51. The average molecular weight is 153 g/mol. The van der Waals surface area contributed by atoms with Crippen LogP contribution in [0.3, 0.4) is 0 Å². The first-order valence-electron chi connectivity index (χ1n) is 1.68. The van der Waals surface area contributed by atoms with Crippen molar-refractivity contribution in [3.63, 3.8) is 0 Å². The maximum Gasteiger partial charge on any atom is 0.256 e. The Bertz CT molecular complexity index is 105. The van der Waals surface area contributed by atoms with E-state index < -0.39 is 5.91 Å². The topological polar surface area (TPSA) is 29.1 Å². The second-order valence-corrected chi connectivity index (χ2v) is 1.78. The molecule has 0 bridgehead atoms. The summed E-state index contributed by atoms with van der Waals surface area (Å²) in [5, 5.41) is 0. The number of nitrogens with one attached hydrogen (secondary N) is 1. The van der Waals surface area contributed by atoms with Crippen LogP contribution in [0.4, 0.5) is 4.39 Å². The van der Waals surface area contributed by atoms with Crippen molar-refractivity contribution < 1.29 is 9.18 Å². The molecule has 0 aliphatic heterocycles. The van der Waals surface area contributed by atoms with E-state index in [-0.39, 0.29) is 6.33 Å². The third-order valence-electron chi connectivity index (χ3n) is 0.361. The molecular weight excluding hydrogens is 149 g/mol. The first-order valence-corrected chi connectivity index (χ1v) is 3.55. The highest BCUT2D eigenvalue weighted by atomic mass is 33.1. The van der Waals surface area contributed by atoms with E-state index in [0.717, 1.165) is 17.1 Å². The maximum absolute atomic E-state index is 11.1. The quantitative estimate of drug-likeness (QED) is 0.269. The highest BCUT2D eigenvalue weighted by molar-refractivity contribution is 8.68. The number of hydrogen-bond acceptors (Lipinski definition) is 3. The maximum atomic E-state index is 11.1. The summed E-state index contributed by atoms with van der Waals surface area (Å²) in [7, 11) is 0.827. The van der Waals surface area contributed by atoms with Crippen LogP contribution >= 0.6 is 22.6 Å². The minimum Gasteiger partial charge on any atom is -0.287 e. The summed E-state index contributed by atoms with van der Waals surface area (Å²) >= 11 is 3.58. The lowest BCUT2D eigenvalue weighted by molar-refractivity contribution is -0.114. The van der Waals surface area contributed by atoms with Gasteiger partial charge in [-0.1, -0.05) is 11.7 Å². The van der Waals surface area contributed by atoms with Crippen LogP contribution < -0.4 is 4.72 Å². The third kappa shape index (κ3) is 4.01. The van der Waals surface area contributed by atoms with Gasteiger partial charge in [-0.25, -0.2) is 4.39 Å². The molecule has 0 aliphatic rings. The molecule has 5 heteroatoms. The molecule has 46 valence electrons. The van der Waals surface area contributed by atoms with Crippen molar-refractivity contribution in [3.8, 4) is 0 Å². The predicted molar refractivity (Wildman–Crippen MR) is 35.0 cm³/mol. The molecule has 0 atom stereocenters. The lowest BCUT2D eigenvalue weighted by atomic mass is 10.6. The molecule has 0 saturated carbocycles. The van der Waals surface area contributed by atoms with Crippen molar-refractivity contribution >= 4 is 28.5 Å². The summed E-state index contributed by atoms with van der Waals surface area (Å²) < 4.78 is 13.3. The summed E-state index contributed by atoms with van der Waals surface area (Å²) in [5.74, 6) is -0.507. The molecule has 2 nitrogen and oxygen atoms in total. The van der Waals surface area contributed by atoms with Gasteiger partial charge in [0.15, 0.2) is 0 Å². The SMILES string of the molecule is O=C(/C=C\F)NSS. The van der Waals surface area contributed by atoms with Gasteiger partial charge in [0.1, 0.15) is 0 Å². The van der Waals surface area contributed by atoms with Crippen LogP contribution in [0.5, 0.6) is 0 Å². The molecule has 0 aromatic heterocycles. The second kappa shape index (κ2) is 4.99. The Morgan fingerprint density at radius 3 is 2.88 bits per heavy atom. The average Bonchev–Trinajstić information content (AvgIpc) is 1.68. The van der Waals surface area contributed by atoms with Crippen LogP contribution in [0.1, 0.15) is 0 Å². The highest BCUT2D eigenvalue weighted by Gasteiger charge is 1.88. The molecule has 0 radical (unpaired) electrons. The molecule has 1 N–H and O–H groups in total. The normalized spacial score (nSPS) is 9.75. The van der Waals surface area contributed by atoms with E-state index in [1.54, 1.807) is 0 Å². The predicted octanol–water partition coefficient (Wildman–Crippen LogP) is 1.08. The minimum absolute atomic E-state index is 0.166. The zero-order chi connectivity index (χ0) is 6.41. The van der Waals surface area contributed by atoms with Gasteiger partial charge in [-0.2, -0.15) is 0 Å². The molecule has 0 aromatic carbocycles. The van der Waals surface area contributed by atoms with E-state index >= 15 is 0 Å². The van der Waals surface area contributed by atoms with E-state index in [9.17, 15) is 9.18 Å². The standard InChI is InChI=1S/C3H4FNOS2/c4-2-1-3(6)5-8-7/h1-2,7H,(H,5,6)/b2-1-. The number of carbonyl (C=O) groups excluding carboxylic acids is 1. The fraction of sp³-hybridized carbons (Fsp3) is 0. The molecule has 0 spiro atoms. The lowest BCUT2D eigenvalue weighted by Crippen LogP contribution is -2.09. The number of thiol groups is 1. The number of halogens is 1. The van der Waals surface area contributed by atoms with Crippen molar-refractivity contribution in [1.29, 1.82) is 0 Å². The van der Waals surface area contributed by atoms with Gasteiger partial charge in [0.2, 0.25) is 0 Å². The van der Waals surface area contributed by atoms with Crippen LogP contribution in [0, 0.1) is 0 Å². The largest absolute Gasteiger partial charge is 0.287 e. The van der Waals surface area contributed by atoms with Gasteiger partial charge in [0, 0.05) is 17.1 Å². The van der Waals surface area contributed by atoms with Gasteiger partial charge in [-0.05, 0) is 0 Å². The van der Waals surface area contributed by atoms with Gasteiger partial charge in [0.25, 0.3) is 5.91 Å². The van der Waals surface area contributed by atoms with Gasteiger partial charge < -0.3 is 0 Å². The van der Waals surface area contributed by atoms with Crippen molar-refractivity contribution in [2.75, 3.05) is 0 Å². The Hall–Kier alpha value is -0.160. The smallest absolute Gasteiger partial charge is 0.256 e. The van der Waals surface area contributed by atoms with Crippen LogP contribution in [0.2, 0.25) is 0 Å². The molecule has 0 fully saturated rings. The zero-order valence-electron chi connectivity index (χ0n) is 3.80. The number of hydrogen-bond donors (Lipinski definition) is 2. The van der Waals surface area contributed by atoms with Crippen LogP contribution in [0.25, 0.3) is 0 Å². The van der Waals surface area contributed by atoms with Crippen LogP contribution in [0.15, 0.2) is 12.4 Å². The number of carbonyl (C=O) groups is 1. The summed E-state index contributed by atoms with van der Waals surface area (Å²) in [6, 6.07) is 0. The Morgan fingerprint density at radius 1 is 1.88 bits per heavy atom. The van der Waals surface area contributed by atoms with Gasteiger partial charge in [0.05, 0.1) is 6.33 Å². The second-order valence-electron chi connectivity index (χ2n) is 0.850. The van der Waals surface area contributed by atoms with E-state index in [1.807, 2.05) is 0 Å². The summed E-state index contributed by atoms with van der Waals surface area (Å²) in [4.78, 5) is 10.1. The molecule has 0 rings (SSSR count). The van der Waals surface area contributed by atoms with Crippen molar-refractivity contribution in [3.05, 3.63) is 12.4 Å². The van der Waals surface area contributed by atoms with E-state index in [1.165, 1.54) is 0 Å². The minimum atomic E-state index is -0.507. The first-order chi connectivity index (χ1) is 3.81. The summed E-state index contributed by atoms with van der Waals surface area (Å²) in [5.41, 5.74) is 0. The van der Waals surface area contributed by atoms with E-state index in [4.69, 9.17) is 0 Å².